The van der Waals surface area contributed by atoms with Gasteiger partial charge in [-0.3, -0.25) is 19.7 Å². The number of nitrogens with zero attached hydrogens (tertiary/aromatic N) is 1. The molecule has 0 saturated heterocycles. The summed E-state index contributed by atoms with van der Waals surface area (Å²) >= 11 is 0. The van der Waals surface area contributed by atoms with Gasteiger partial charge in [0.2, 0.25) is 5.91 Å². The number of carbonyl (C=O) groups excluding carboxylic acids is 2. The lowest BCUT2D eigenvalue weighted by atomic mass is 9.89. The van der Waals surface area contributed by atoms with Gasteiger partial charge in [-0.2, -0.15) is 0 Å². The van der Waals surface area contributed by atoms with Crippen LogP contribution in [-0.2, 0) is 16.1 Å². The molecular formula is C16H18N2O5. The molecule has 3 unspecified atom stereocenters. The fourth-order valence-corrected chi connectivity index (χ4v) is 3.80. The predicted molar refractivity (Wildman–Crippen MR) is 80.3 cm³/mol. The highest BCUT2D eigenvalue weighted by molar-refractivity contribution is 5.93. The number of carbonyl (C=O) groups is 2. The van der Waals surface area contributed by atoms with Crippen molar-refractivity contribution in [2.75, 3.05) is 0 Å². The number of fused-ring (bicyclic) bond motifs is 2. The summed E-state index contributed by atoms with van der Waals surface area (Å²) in [6.45, 7) is -0.165. The van der Waals surface area contributed by atoms with Gasteiger partial charge in [0.15, 0.2) is 0 Å². The van der Waals surface area contributed by atoms with Gasteiger partial charge in [-0.05, 0) is 43.2 Å². The van der Waals surface area contributed by atoms with Gasteiger partial charge in [0.25, 0.3) is 5.69 Å². The van der Waals surface area contributed by atoms with E-state index in [2.05, 4.69) is 0 Å². The first-order chi connectivity index (χ1) is 11.0. The summed E-state index contributed by atoms with van der Waals surface area (Å²) in [7, 11) is 0. The smallest absolute Gasteiger partial charge is 0.309 e. The summed E-state index contributed by atoms with van der Waals surface area (Å²) in [4.78, 5) is 33.8. The zero-order valence-electron chi connectivity index (χ0n) is 12.6. The predicted octanol–water partition coefficient (Wildman–Crippen LogP) is 2.17. The molecule has 2 fully saturated rings. The lowest BCUT2D eigenvalue weighted by molar-refractivity contribution is -0.385. The second kappa shape index (κ2) is 5.98. The van der Waals surface area contributed by atoms with E-state index in [1.807, 2.05) is 0 Å². The molecule has 2 bridgehead atoms. The number of ether oxygens (including phenoxy) is 1. The van der Waals surface area contributed by atoms with Crippen LogP contribution in [0.4, 0.5) is 5.69 Å². The van der Waals surface area contributed by atoms with Gasteiger partial charge in [-0.15, -0.1) is 0 Å². The van der Waals surface area contributed by atoms with E-state index in [9.17, 15) is 19.7 Å². The molecule has 0 radical (unpaired) electrons. The summed E-state index contributed by atoms with van der Waals surface area (Å²) in [6.07, 6.45) is 4.21. The maximum Gasteiger partial charge on any atom is 0.309 e. The molecule has 0 aromatic heterocycles. The minimum Gasteiger partial charge on any atom is -0.460 e. The van der Waals surface area contributed by atoms with Crippen LogP contribution in [0, 0.1) is 27.9 Å². The minimum absolute atomic E-state index is 0.0554. The van der Waals surface area contributed by atoms with E-state index < -0.39 is 10.8 Å². The van der Waals surface area contributed by atoms with Crippen LogP contribution in [0.25, 0.3) is 0 Å². The topological polar surface area (TPSA) is 113 Å². The van der Waals surface area contributed by atoms with E-state index in [4.69, 9.17) is 10.5 Å². The van der Waals surface area contributed by atoms with Crippen molar-refractivity contribution in [1.82, 2.24) is 0 Å². The SMILES string of the molecule is NC(=O)c1ccc(COC(=O)C2CC3CCC2C3)c([N+](=O)[O-])c1. The Balaban J connectivity index is 1.69. The van der Waals surface area contributed by atoms with Crippen molar-refractivity contribution in [2.24, 2.45) is 23.5 Å². The third kappa shape index (κ3) is 3.04. The van der Waals surface area contributed by atoms with Crippen LogP contribution in [0.15, 0.2) is 18.2 Å². The summed E-state index contributed by atoms with van der Waals surface area (Å²) in [5.41, 5.74) is 5.18. The molecule has 23 heavy (non-hydrogen) atoms. The molecular weight excluding hydrogens is 300 g/mol. The first-order valence-electron chi connectivity index (χ1n) is 7.69. The summed E-state index contributed by atoms with van der Waals surface area (Å²) < 4.78 is 5.30. The maximum atomic E-state index is 12.2. The van der Waals surface area contributed by atoms with Gasteiger partial charge < -0.3 is 10.5 Å². The van der Waals surface area contributed by atoms with Crippen LogP contribution < -0.4 is 5.73 Å². The summed E-state index contributed by atoms with van der Waals surface area (Å²) in [5.74, 6) is -0.0525. The van der Waals surface area contributed by atoms with Crippen molar-refractivity contribution >= 4 is 17.6 Å². The molecule has 0 aliphatic heterocycles. The maximum absolute atomic E-state index is 12.2. The van der Waals surface area contributed by atoms with Gasteiger partial charge in [-0.25, -0.2) is 0 Å². The number of rotatable bonds is 5. The number of benzene rings is 1. The van der Waals surface area contributed by atoms with E-state index in [-0.39, 0.29) is 35.3 Å². The van der Waals surface area contributed by atoms with Crippen LogP contribution in [0.2, 0.25) is 0 Å². The molecule has 2 N–H and O–H groups in total. The molecule has 1 aromatic rings. The van der Waals surface area contributed by atoms with Gasteiger partial charge in [0, 0.05) is 11.6 Å². The average Bonchev–Trinajstić information content (AvgIpc) is 3.15. The van der Waals surface area contributed by atoms with E-state index in [1.54, 1.807) is 0 Å². The Labute approximate surface area is 132 Å². The molecule has 7 heteroatoms. The number of esters is 1. The quantitative estimate of drug-likeness (QED) is 0.508. The highest BCUT2D eigenvalue weighted by Gasteiger charge is 2.43. The zero-order chi connectivity index (χ0) is 16.6. The Morgan fingerprint density at radius 1 is 1.30 bits per heavy atom. The lowest BCUT2D eigenvalue weighted by Gasteiger charge is -2.19. The number of hydrogen-bond acceptors (Lipinski definition) is 5. The number of nitro groups is 1. The van der Waals surface area contributed by atoms with Crippen LogP contribution >= 0.6 is 0 Å². The van der Waals surface area contributed by atoms with E-state index in [1.165, 1.54) is 18.6 Å². The van der Waals surface area contributed by atoms with Crippen molar-refractivity contribution in [1.29, 1.82) is 0 Å². The Morgan fingerprint density at radius 3 is 2.65 bits per heavy atom. The molecule has 2 aliphatic carbocycles. The normalized spacial score (nSPS) is 25.3. The Hall–Kier alpha value is -2.44. The molecule has 3 atom stereocenters. The molecule has 3 rings (SSSR count). The van der Waals surface area contributed by atoms with Crippen molar-refractivity contribution in [3.8, 4) is 0 Å². The fourth-order valence-electron chi connectivity index (χ4n) is 3.80. The van der Waals surface area contributed by atoms with E-state index in [0.717, 1.165) is 25.3 Å². The number of nitrogens with two attached hydrogens (primary N) is 1. The van der Waals surface area contributed by atoms with Crippen LogP contribution in [0.3, 0.4) is 0 Å². The van der Waals surface area contributed by atoms with E-state index in [0.29, 0.717) is 11.8 Å². The monoisotopic (exact) mass is 318 g/mol. The second-order valence-corrected chi connectivity index (χ2v) is 6.35. The Morgan fingerprint density at radius 2 is 2.09 bits per heavy atom. The van der Waals surface area contributed by atoms with E-state index >= 15 is 0 Å². The Kier molecular flexibility index (Phi) is 4.02. The largest absolute Gasteiger partial charge is 0.460 e. The molecule has 0 spiro atoms. The lowest BCUT2D eigenvalue weighted by Crippen LogP contribution is -2.23. The van der Waals surface area contributed by atoms with Crippen molar-refractivity contribution in [3.63, 3.8) is 0 Å². The number of amides is 1. The Bertz CT molecular complexity index is 672. The molecule has 7 nitrogen and oxygen atoms in total. The minimum atomic E-state index is -0.737. The number of primary amides is 1. The zero-order valence-corrected chi connectivity index (χ0v) is 12.6. The third-order valence-corrected chi connectivity index (χ3v) is 4.98. The standard InChI is InChI=1S/C16H18N2O5/c17-15(19)11-3-4-12(14(7-11)18(21)22)8-23-16(20)13-6-9-1-2-10(13)5-9/h3-4,7,9-10,13H,1-2,5-6,8H2,(H2,17,19). The molecule has 0 heterocycles. The molecule has 122 valence electrons. The van der Waals surface area contributed by atoms with Gasteiger partial charge >= 0.3 is 5.97 Å². The van der Waals surface area contributed by atoms with Crippen molar-refractivity contribution in [2.45, 2.75) is 32.3 Å². The number of hydrogen-bond donors (Lipinski definition) is 1. The van der Waals surface area contributed by atoms with Crippen molar-refractivity contribution < 1.29 is 19.2 Å². The highest BCUT2D eigenvalue weighted by Crippen LogP contribution is 2.48. The highest BCUT2D eigenvalue weighted by atomic mass is 16.6. The summed E-state index contributed by atoms with van der Waals surface area (Å²) in [6, 6.07) is 3.92. The first kappa shape index (κ1) is 15.5. The molecule has 1 aromatic carbocycles. The molecule has 2 saturated carbocycles. The third-order valence-electron chi connectivity index (χ3n) is 4.98. The summed E-state index contributed by atoms with van der Waals surface area (Å²) in [5, 5.41) is 11.1. The first-order valence-corrected chi connectivity index (χ1v) is 7.69. The second-order valence-electron chi connectivity index (χ2n) is 6.35. The van der Waals surface area contributed by atoms with Crippen LogP contribution in [-0.4, -0.2) is 16.8 Å². The number of nitro benzene ring substituents is 1. The van der Waals surface area contributed by atoms with Crippen molar-refractivity contribution in [3.05, 3.63) is 39.4 Å². The van der Waals surface area contributed by atoms with Gasteiger partial charge in [-0.1, -0.05) is 6.42 Å². The van der Waals surface area contributed by atoms with Gasteiger partial charge in [0.1, 0.15) is 6.61 Å². The van der Waals surface area contributed by atoms with Gasteiger partial charge in [0.05, 0.1) is 16.4 Å². The fraction of sp³-hybridized carbons (Fsp3) is 0.500. The average molecular weight is 318 g/mol. The molecule has 1 amide bonds. The molecule has 2 aliphatic rings. The van der Waals surface area contributed by atoms with Crippen LogP contribution in [0.5, 0.6) is 0 Å². The van der Waals surface area contributed by atoms with Crippen LogP contribution in [0.1, 0.15) is 41.6 Å².